The largest absolute Gasteiger partial charge is 0.394 e. The van der Waals surface area contributed by atoms with Gasteiger partial charge in [0.25, 0.3) is 0 Å². The average Bonchev–Trinajstić information content (AvgIpc) is 2.73. The van der Waals surface area contributed by atoms with Gasteiger partial charge in [-0.25, -0.2) is 14.8 Å². The van der Waals surface area contributed by atoms with Gasteiger partial charge in [0, 0.05) is 12.7 Å². The topological polar surface area (TPSA) is 111 Å². The number of anilines is 1. The van der Waals surface area contributed by atoms with Gasteiger partial charge in [-0.05, 0) is 36.6 Å². The summed E-state index contributed by atoms with van der Waals surface area (Å²) in [6, 6.07) is 4.29. The number of fused-ring (bicyclic) bond motifs is 1. The Bertz CT molecular complexity index is 879. The van der Waals surface area contributed by atoms with E-state index in [1.165, 1.54) is 0 Å². The number of carbonyl (C=O) groups is 1. The third kappa shape index (κ3) is 5.27. The number of hydrogen-bond acceptors (Lipinski definition) is 6. The fourth-order valence-electron chi connectivity index (χ4n) is 3.02. The van der Waals surface area contributed by atoms with Crippen molar-refractivity contribution in [2.75, 3.05) is 25.1 Å². The minimum Gasteiger partial charge on any atom is -0.394 e. The molecule has 1 aromatic carbocycles. The van der Waals surface area contributed by atoms with E-state index in [0.717, 1.165) is 16.8 Å². The Labute approximate surface area is 178 Å². The highest BCUT2D eigenvalue weighted by Crippen LogP contribution is 2.26. The molecule has 1 aliphatic rings. The second-order valence-corrected chi connectivity index (χ2v) is 7.70. The lowest BCUT2D eigenvalue weighted by Crippen LogP contribution is -2.44. The van der Waals surface area contributed by atoms with Crippen LogP contribution < -0.4 is 10.6 Å². The van der Waals surface area contributed by atoms with Gasteiger partial charge in [-0.1, -0.05) is 29.3 Å². The Morgan fingerprint density at radius 1 is 1.28 bits per heavy atom. The minimum atomic E-state index is -0.539. The standard InChI is InChI=1S/C19H23Cl2N5O3/c1-11(12-2-3-15(20)16(21)6-12)23-19(29)26-5-4-13-7-22-18(25-17(13)8-26)24-14(9-27)10-28/h2-3,6-7,11,14,27-28H,4-5,8-10H2,1H3,(H,23,29)(H,22,24,25). The van der Waals surface area contributed by atoms with Gasteiger partial charge in [-0.15, -0.1) is 0 Å². The predicted octanol–water partition coefficient (Wildman–Crippen LogP) is 2.38. The monoisotopic (exact) mass is 439 g/mol. The van der Waals surface area contributed by atoms with E-state index in [2.05, 4.69) is 20.6 Å². The van der Waals surface area contributed by atoms with E-state index in [-0.39, 0.29) is 25.3 Å². The molecule has 0 aliphatic carbocycles. The normalized spacial score (nSPS) is 14.5. The van der Waals surface area contributed by atoms with Gasteiger partial charge in [-0.3, -0.25) is 0 Å². The summed E-state index contributed by atoms with van der Waals surface area (Å²) in [5.41, 5.74) is 2.57. The molecule has 0 saturated heterocycles. The molecule has 2 amide bonds. The van der Waals surface area contributed by atoms with Crippen LogP contribution in [0.25, 0.3) is 0 Å². The van der Waals surface area contributed by atoms with E-state index in [1.54, 1.807) is 23.2 Å². The van der Waals surface area contributed by atoms with Crippen molar-refractivity contribution in [1.29, 1.82) is 0 Å². The zero-order chi connectivity index (χ0) is 21.0. The van der Waals surface area contributed by atoms with E-state index >= 15 is 0 Å². The molecule has 0 bridgehead atoms. The van der Waals surface area contributed by atoms with Crippen LogP contribution in [0, 0.1) is 0 Å². The maximum absolute atomic E-state index is 12.7. The van der Waals surface area contributed by atoms with Crippen LogP contribution >= 0.6 is 23.2 Å². The highest BCUT2D eigenvalue weighted by Gasteiger charge is 2.24. The van der Waals surface area contributed by atoms with E-state index in [0.29, 0.717) is 35.5 Å². The highest BCUT2D eigenvalue weighted by atomic mass is 35.5. The summed E-state index contributed by atoms with van der Waals surface area (Å²) in [6.45, 7) is 2.30. The van der Waals surface area contributed by atoms with Crippen LogP contribution in [-0.4, -0.2) is 56.9 Å². The summed E-state index contributed by atoms with van der Waals surface area (Å²) >= 11 is 12.0. The molecule has 3 rings (SSSR count). The third-order valence-electron chi connectivity index (χ3n) is 4.79. The second kappa shape index (κ2) is 9.58. The number of urea groups is 1. The van der Waals surface area contributed by atoms with Crippen molar-refractivity contribution in [3.63, 3.8) is 0 Å². The molecule has 0 radical (unpaired) electrons. The first kappa shape index (κ1) is 21.6. The lowest BCUT2D eigenvalue weighted by Gasteiger charge is -2.29. The molecule has 0 fully saturated rings. The maximum atomic E-state index is 12.7. The Hall–Kier alpha value is -2.13. The molecule has 1 atom stereocenters. The van der Waals surface area contributed by atoms with Crippen LogP contribution in [-0.2, 0) is 13.0 Å². The molecule has 10 heteroatoms. The smallest absolute Gasteiger partial charge is 0.318 e. The molecule has 1 aromatic heterocycles. The Morgan fingerprint density at radius 2 is 2.03 bits per heavy atom. The summed E-state index contributed by atoms with van der Waals surface area (Å²) < 4.78 is 0. The summed E-state index contributed by atoms with van der Waals surface area (Å²) in [6.07, 6.45) is 2.36. The minimum absolute atomic E-state index is 0.203. The first-order valence-electron chi connectivity index (χ1n) is 9.24. The van der Waals surface area contributed by atoms with E-state index in [9.17, 15) is 15.0 Å². The molecule has 2 heterocycles. The predicted molar refractivity (Wildman–Crippen MR) is 111 cm³/mol. The van der Waals surface area contributed by atoms with Crippen molar-refractivity contribution in [1.82, 2.24) is 20.2 Å². The van der Waals surface area contributed by atoms with Gasteiger partial charge in [0.15, 0.2) is 0 Å². The van der Waals surface area contributed by atoms with Crippen molar-refractivity contribution in [2.45, 2.75) is 32.0 Å². The van der Waals surface area contributed by atoms with Gasteiger partial charge in [0.2, 0.25) is 5.95 Å². The van der Waals surface area contributed by atoms with Crippen LogP contribution in [0.5, 0.6) is 0 Å². The number of hydrogen-bond donors (Lipinski definition) is 4. The zero-order valence-corrected chi connectivity index (χ0v) is 17.4. The molecule has 1 unspecified atom stereocenters. The fourth-order valence-corrected chi connectivity index (χ4v) is 3.33. The van der Waals surface area contributed by atoms with Gasteiger partial charge in [0.05, 0.1) is 47.6 Å². The summed E-state index contributed by atoms with van der Waals surface area (Å²) in [5, 5.41) is 25.1. The van der Waals surface area contributed by atoms with E-state index in [1.807, 2.05) is 13.0 Å². The van der Waals surface area contributed by atoms with Gasteiger partial charge < -0.3 is 25.7 Å². The maximum Gasteiger partial charge on any atom is 0.318 e. The lowest BCUT2D eigenvalue weighted by atomic mass is 10.1. The molecule has 4 N–H and O–H groups in total. The number of halogens is 2. The molecular weight excluding hydrogens is 417 g/mol. The highest BCUT2D eigenvalue weighted by molar-refractivity contribution is 6.42. The zero-order valence-electron chi connectivity index (χ0n) is 15.9. The van der Waals surface area contributed by atoms with Crippen LogP contribution in [0.4, 0.5) is 10.7 Å². The lowest BCUT2D eigenvalue weighted by molar-refractivity contribution is 0.188. The Morgan fingerprint density at radius 3 is 2.72 bits per heavy atom. The van der Waals surface area contributed by atoms with Gasteiger partial charge >= 0.3 is 6.03 Å². The van der Waals surface area contributed by atoms with Gasteiger partial charge in [0.1, 0.15) is 0 Å². The quantitative estimate of drug-likeness (QED) is 0.549. The number of aliphatic hydroxyl groups is 2. The van der Waals surface area contributed by atoms with Crippen molar-refractivity contribution in [3.05, 3.63) is 51.3 Å². The number of aromatic nitrogens is 2. The van der Waals surface area contributed by atoms with Crippen molar-refractivity contribution >= 4 is 35.2 Å². The number of benzene rings is 1. The number of rotatable bonds is 6. The number of nitrogens with zero attached hydrogens (tertiary/aromatic N) is 3. The molecule has 29 heavy (non-hydrogen) atoms. The van der Waals surface area contributed by atoms with Crippen molar-refractivity contribution in [2.24, 2.45) is 0 Å². The van der Waals surface area contributed by atoms with E-state index in [4.69, 9.17) is 23.2 Å². The number of carbonyl (C=O) groups excluding carboxylic acids is 1. The summed E-state index contributed by atoms with van der Waals surface area (Å²) in [7, 11) is 0. The molecule has 0 saturated carbocycles. The second-order valence-electron chi connectivity index (χ2n) is 6.89. The van der Waals surface area contributed by atoms with Crippen LogP contribution in [0.15, 0.2) is 24.4 Å². The Kier molecular flexibility index (Phi) is 7.13. The van der Waals surface area contributed by atoms with Crippen molar-refractivity contribution in [3.8, 4) is 0 Å². The molecule has 156 valence electrons. The first-order valence-corrected chi connectivity index (χ1v) is 10.00. The van der Waals surface area contributed by atoms with Crippen LogP contribution in [0.1, 0.15) is 29.8 Å². The molecule has 2 aromatic rings. The SMILES string of the molecule is CC(NC(=O)N1CCc2cnc(NC(CO)CO)nc2C1)c1ccc(Cl)c(Cl)c1. The summed E-state index contributed by atoms with van der Waals surface area (Å²) in [5.74, 6) is 0.309. The number of amides is 2. The Balaban J connectivity index is 1.66. The molecule has 0 spiro atoms. The van der Waals surface area contributed by atoms with Crippen molar-refractivity contribution < 1.29 is 15.0 Å². The third-order valence-corrected chi connectivity index (χ3v) is 5.53. The molecular formula is C19H23Cl2N5O3. The number of nitrogens with one attached hydrogen (secondary N) is 2. The van der Waals surface area contributed by atoms with E-state index < -0.39 is 6.04 Å². The fraction of sp³-hybridized carbons (Fsp3) is 0.421. The van der Waals surface area contributed by atoms with Gasteiger partial charge in [-0.2, -0.15) is 0 Å². The summed E-state index contributed by atoms with van der Waals surface area (Å²) in [4.78, 5) is 23.1. The van der Waals surface area contributed by atoms with Crippen LogP contribution in [0.3, 0.4) is 0 Å². The number of aliphatic hydroxyl groups excluding tert-OH is 2. The molecule has 1 aliphatic heterocycles. The average molecular weight is 440 g/mol. The van der Waals surface area contributed by atoms with Crippen LogP contribution in [0.2, 0.25) is 10.0 Å². The molecule has 8 nitrogen and oxygen atoms in total. The first-order chi connectivity index (χ1) is 13.9.